The van der Waals surface area contributed by atoms with Gasteiger partial charge in [0.1, 0.15) is 0 Å². The zero-order valence-electron chi connectivity index (χ0n) is 41.7. The standard InChI is InChI=1S/C56H106O4/c1-7-11-15-19-23-27-33-39-45-53(51(5)55(57)59-49-43-37-31-25-21-17-13-9-3)47-41-35-29-30-36-42-48-54(46-40-34-28-24-20-16-12-8-2)52(6)56(58)60-50-44-38-32-26-22-18-14-10-4/h7-50H2,1-6H3/b53-51+,54-52+. The molecule has 0 amide bonds. The number of rotatable bonds is 47. The third-order valence-corrected chi connectivity index (χ3v) is 13.0. The molecule has 354 valence electrons. The predicted molar refractivity (Wildman–Crippen MR) is 264 cm³/mol. The summed E-state index contributed by atoms with van der Waals surface area (Å²) >= 11 is 0. The Morgan fingerprint density at radius 3 is 0.667 bits per heavy atom. The van der Waals surface area contributed by atoms with Gasteiger partial charge < -0.3 is 9.47 Å². The monoisotopic (exact) mass is 843 g/mol. The van der Waals surface area contributed by atoms with E-state index in [1.54, 1.807) is 0 Å². The van der Waals surface area contributed by atoms with Crippen molar-refractivity contribution in [3.05, 3.63) is 22.3 Å². The molecule has 0 rings (SSSR count). The number of carbonyl (C=O) groups is 2. The summed E-state index contributed by atoms with van der Waals surface area (Å²) in [7, 11) is 0. The van der Waals surface area contributed by atoms with Gasteiger partial charge in [-0.25, -0.2) is 9.59 Å². The second-order valence-corrected chi connectivity index (χ2v) is 18.7. The summed E-state index contributed by atoms with van der Waals surface area (Å²) < 4.78 is 11.6. The van der Waals surface area contributed by atoms with Crippen LogP contribution in [0.25, 0.3) is 0 Å². The van der Waals surface area contributed by atoms with E-state index in [9.17, 15) is 9.59 Å². The number of hydrogen-bond acceptors (Lipinski definition) is 4. The lowest BCUT2D eigenvalue weighted by atomic mass is 9.94. The second kappa shape index (κ2) is 46.9. The van der Waals surface area contributed by atoms with Crippen molar-refractivity contribution in [3.63, 3.8) is 0 Å². The van der Waals surface area contributed by atoms with E-state index in [-0.39, 0.29) is 11.9 Å². The molecule has 0 heterocycles. The fraction of sp³-hybridized carbons (Fsp3) is 0.893. The summed E-state index contributed by atoms with van der Waals surface area (Å²) in [5.74, 6) is -0.147. The molecule has 0 fully saturated rings. The van der Waals surface area contributed by atoms with E-state index in [0.29, 0.717) is 13.2 Å². The third kappa shape index (κ3) is 38.1. The van der Waals surface area contributed by atoms with Gasteiger partial charge in [0, 0.05) is 11.1 Å². The molecule has 0 N–H and O–H groups in total. The topological polar surface area (TPSA) is 52.6 Å². The molecule has 0 aromatic rings. The molecule has 0 atom stereocenters. The summed E-state index contributed by atoms with van der Waals surface area (Å²) in [6.07, 6.45) is 52.5. The van der Waals surface area contributed by atoms with Crippen LogP contribution in [0, 0.1) is 0 Å². The van der Waals surface area contributed by atoms with Gasteiger partial charge in [0.05, 0.1) is 13.2 Å². The zero-order valence-corrected chi connectivity index (χ0v) is 41.7. The minimum absolute atomic E-state index is 0.0734. The van der Waals surface area contributed by atoms with Crippen LogP contribution in [0.1, 0.15) is 311 Å². The molecule has 4 nitrogen and oxygen atoms in total. The minimum Gasteiger partial charge on any atom is -0.462 e. The van der Waals surface area contributed by atoms with Crippen LogP contribution < -0.4 is 0 Å². The lowest BCUT2D eigenvalue weighted by molar-refractivity contribution is -0.140. The maximum Gasteiger partial charge on any atom is 0.333 e. The average Bonchev–Trinajstić information content (AvgIpc) is 3.25. The van der Waals surface area contributed by atoms with Crippen LogP contribution in [-0.2, 0) is 19.1 Å². The Morgan fingerprint density at radius 1 is 0.267 bits per heavy atom. The molecule has 0 aromatic heterocycles. The number of carbonyl (C=O) groups excluding carboxylic acids is 2. The number of unbranched alkanes of at least 4 members (excludes halogenated alkanes) is 33. The zero-order chi connectivity index (χ0) is 44.0. The van der Waals surface area contributed by atoms with Crippen molar-refractivity contribution in [2.24, 2.45) is 0 Å². The first kappa shape index (κ1) is 58.4. The lowest BCUT2D eigenvalue weighted by Crippen LogP contribution is -2.10. The fourth-order valence-electron chi connectivity index (χ4n) is 8.64. The number of allylic oxidation sites excluding steroid dienone is 2. The highest BCUT2D eigenvalue weighted by atomic mass is 16.5. The van der Waals surface area contributed by atoms with Crippen molar-refractivity contribution in [1.82, 2.24) is 0 Å². The lowest BCUT2D eigenvalue weighted by Gasteiger charge is -2.14. The molecule has 0 spiro atoms. The quantitative estimate of drug-likeness (QED) is 0.0348. The minimum atomic E-state index is -0.0734. The summed E-state index contributed by atoms with van der Waals surface area (Å²) in [6, 6.07) is 0. The summed E-state index contributed by atoms with van der Waals surface area (Å²) in [5, 5.41) is 0. The van der Waals surface area contributed by atoms with E-state index < -0.39 is 0 Å². The van der Waals surface area contributed by atoms with Crippen molar-refractivity contribution in [3.8, 4) is 0 Å². The van der Waals surface area contributed by atoms with Crippen LogP contribution in [0.5, 0.6) is 0 Å². The van der Waals surface area contributed by atoms with Crippen LogP contribution in [0.3, 0.4) is 0 Å². The van der Waals surface area contributed by atoms with Gasteiger partial charge in [0.25, 0.3) is 0 Å². The van der Waals surface area contributed by atoms with E-state index >= 15 is 0 Å². The summed E-state index contributed by atoms with van der Waals surface area (Å²) in [5.41, 5.74) is 4.48. The van der Waals surface area contributed by atoms with Gasteiger partial charge in [0.2, 0.25) is 0 Å². The van der Waals surface area contributed by atoms with Gasteiger partial charge in [-0.2, -0.15) is 0 Å². The highest BCUT2D eigenvalue weighted by Gasteiger charge is 2.14. The summed E-state index contributed by atoms with van der Waals surface area (Å²) in [4.78, 5) is 26.3. The molecular formula is C56H106O4. The van der Waals surface area contributed by atoms with Gasteiger partial charge in [-0.1, -0.05) is 244 Å². The Kier molecular flexibility index (Phi) is 45.7. The fourth-order valence-corrected chi connectivity index (χ4v) is 8.64. The van der Waals surface area contributed by atoms with E-state index in [4.69, 9.17) is 9.47 Å². The molecule has 60 heavy (non-hydrogen) atoms. The Hall–Kier alpha value is -1.58. The number of ether oxygens (including phenoxy) is 2. The Bertz CT molecular complexity index is 929. The molecule has 4 heteroatoms. The molecule has 0 unspecified atom stereocenters. The van der Waals surface area contributed by atoms with Gasteiger partial charge in [-0.15, -0.1) is 0 Å². The molecule has 0 bridgehead atoms. The maximum absolute atomic E-state index is 13.1. The smallest absolute Gasteiger partial charge is 0.333 e. The van der Waals surface area contributed by atoms with Gasteiger partial charge >= 0.3 is 11.9 Å². The van der Waals surface area contributed by atoms with Crippen LogP contribution in [0.2, 0.25) is 0 Å². The summed E-state index contributed by atoms with van der Waals surface area (Å²) in [6.45, 7) is 14.3. The first-order chi connectivity index (χ1) is 29.4. The van der Waals surface area contributed by atoms with Gasteiger partial charge in [0.15, 0.2) is 0 Å². The van der Waals surface area contributed by atoms with Crippen molar-refractivity contribution in [1.29, 1.82) is 0 Å². The van der Waals surface area contributed by atoms with E-state index in [1.165, 1.54) is 217 Å². The Balaban J connectivity index is 4.91. The predicted octanol–water partition coefficient (Wildman–Crippen LogP) is 19.2. The van der Waals surface area contributed by atoms with Gasteiger partial charge in [-0.3, -0.25) is 0 Å². The molecule has 0 saturated heterocycles. The normalized spacial score (nSPS) is 12.4. The van der Waals surface area contributed by atoms with Crippen molar-refractivity contribution < 1.29 is 19.1 Å². The van der Waals surface area contributed by atoms with E-state index in [2.05, 4.69) is 27.7 Å². The second-order valence-electron chi connectivity index (χ2n) is 18.7. The maximum atomic E-state index is 13.1. The highest BCUT2D eigenvalue weighted by molar-refractivity contribution is 5.89. The Morgan fingerprint density at radius 2 is 0.450 bits per heavy atom. The van der Waals surface area contributed by atoms with Crippen LogP contribution in [0.15, 0.2) is 22.3 Å². The molecule has 0 aliphatic rings. The van der Waals surface area contributed by atoms with Crippen LogP contribution >= 0.6 is 0 Å². The third-order valence-electron chi connectivity index (χ3n) is 13.0. The highest BCUT2D eigenvalue weighted by Crippen LogP contribution is 2.25. The van der Waals surface area contributed by atoms with Gasteiger partial charge in [-0.05, 0) is 78.1 Å². The number of hydrogen-bond donors (Lipinski definition) is 0. The SMILES string of the molecule is CCCCCCCCCCOC(=O)/C(C)=C(\CCCCCCCCCC)CCCCCCCC/C(CCCCCCCCCC)=C(\C)C(=O)OCCCCCCCCCC. The van der Waals surface area contributed by atoms with Crippen molar-refractivity contribution in [2.75, 3.05) is 13.2 Å². The largest absolute Gasteiger partial charge is 0.462 e. The van der Waals surface area contributed by atoms with Crippen molar-refractivity contribution >= 4 is 11.9 Å². The van der Waals surface area contributed by atoms with E-state index in [1.807, 2.05) is 13.8 Å². The van der Waals surface area contributed by atoms with E-state index in [0.717, 1.165) is 75.4 Å². The first-order valence-electron chi connectivity index (χ1n) is 27.1. The van der Waals surface area contributed by atoms with Crippen LogP contribution in [0.4, 0.5) is 0 Å². The van der Waals surface area contributed by atoms with Crippen molar-refractivity contribution in [2.45, 2.75) is 311 Å². The molecule has 0 saturated carbocycles. The Labute approximate surface area is 376 Å². The molecule has 0 aliphatic carbocycles. The average molecular weight is 843 g/mol. The van der Waals surface area contributed by atoms with Crippen LogP contribution in [-0.4, -0.2) is 25.2 Å². The molecule has 0 aromatic carbocycles. The first-order valence-corrected chi connectivity index (χ1v) is 27.1. The number of esters is 2. The molecule has 0 aliphatic heterocycles. The molecule has 0 radical (unpaired) electrons. The molecular weight excluding hydrogens is 737 g/mol.